The molecule has 0 aliphatic carbocycles. The Morgan fingerprint density at radius 3 is 2.02 bits per heavy atom. The first-order chi connectivity index (χ1) is 23.3. The summed E-state index contributed by atoms with van der Waals surface area (Å²) in [6, 6.07) is 59.1. The number of fused-ring (bicyclic) bond motifs is 10. The lowest BCUT2D eigenvalue weighted by Crippen LogP contribution is -2.34. The Labute approximate surface area is 271 Å². The van der Waals surface area contributed by atoms with Crippen molar-refractivity contribution in [2.45, 2.75) is 6.17 Å². The molecule has 1 saturated heterocycles. The van der Waals surface area contributed by atoms with Gasteiger partial charge in [-0.3, -0.25) is 0 Å². The molecule has 2 unspecified atom stereocenters. The summed E-state index contributed by atoms with van der Waals surface area (Å²) < 4.78 is 9.68. The number of anilines is 1. The predicted octanol–water partition coefficient (Wildman–Crippen LogP) is 11.4. The van der Waals surface area contributed by atoms with Gasteiger partial charge in [0.25, 0.3) is 6.17 Å². The average molecular weight is 603 g/mol. The lowest BCUT2D eigenvalue weighted by atomic mass is 9.98. The minimum atomic E-state index is 0.244. The van der Waals surface area contributed by atoms with Crippen LogP contribution in [0.1, 0.15) is 11.7 Å². The first kappa shape index (κ1) is 25.1. The zero-order chi connectivity index (χ0) is 30.7. The summed E-state index contributed by atoms with van der Waals surface area (Å²) >= 11 is 0. The Kier molecular flexibility index (Phi) is 4.81. The van der Waals surface area contributed by atoms with Crippen LogP contribution in [0.3, 0.4) is 0 Å². The quantitative estimate of drug-likeness (QED) is 0.148. The van der Waals surface area contributed by atoms with Crippen molar-refractivity contribution in [3.63, 3.8) is 0 Å². The van der Waals surface area contributed by atoms with E-state index in [0.29, 0.717) is 0 Å². The highest BCUT2D eigenvalue weighted by Gasteiger charge is 2.78. The van der Waals surface area contributed by atoms with E-state index in [1.54, 1.807) is 0 Å². The van der Waals surface area contributed by atoms with E-state index >= 15 is 0 Å². The summed E-state index contributed by atoms with van der Waals surface area (Å²) in [5.41, 5.74) is 13.0. The monoisotopic (exact) mass is 602 g/mol. The Balaban J connectivity index is 1.01. The van der Waals surface area contributed by atoms with E-state index in [-0.39, 0.29) is 6.17 Å². The molecule has 4 heteroatoms. The van der Waals surface area contributed by atoms with E-state index in [9.17, 15) is 0 Å². The Hall–Kier alpha value is -6.10. The topological polar surface area (TPSA) is 21.1 Å². The summed E-state index contributed by atoms with van der Waals surface area (Å²) in [5.74, 6) is 0. The molecular formula is C43H28N3O+. The fourth-order valence-corrected chi connectivity index (χ4v) is 8.35. The van der Waals surface area contributed by atoms with Gasteiger partial charge in [0.05, 0.1) is 11.0 Å². The van der Waals surface area contributed by atoms with Crippen LogP contribution in [0.25, 0.3) is 60.6 Å². The minimum absolute atomic E-state index is 0.244. The predicted molar refractivity (Wildman–Crippen MR) is 193 cm³/mol. The lowest BCUT2D eigenvalue weighted by molar-refractivity contribution is 0.634. The summed E-state index contributed by atoms with van der Waals surface area (Å²) in [5, 5.41) is 7.31. The molecule has 47 heavy (non-hydrogen) atoms. The van der Waals surface area contributed by atoms with Crippen LogP contribution in [0.5, 0.6) is 0 Å². The van der Waals surface area contributed by atoms with Crippen LogP contribution in [0.2, 0.25) is 0 Å². The van der Waals surface area contributed by atoms with Crippen LogP contribution in [0.4, 0.5) is 17.1 Å². The molecule has 0 N–H and O–H groups in total. The molecule has 220 valence electrons. The van der Waals surface area contributed by atoms with Crippen molar-refractivity contribution in [3.8, 4) is 16.8 Å². The van der Waals surface area contributed by atoms with E-state index in [4.69, 9.17) is 4.42 Å². The van der Waals surface area contributed by atoms with Crippen LogP contribution in [0.15, 0.2) is 168 Å². The number of benzene rings is 7. The number of hydrogen-bond donors (Lipinski definition) is 0. The molecule has 0 spiro atoms. The number of hydrogen-bond acceptors (Lipinski definition) is 2. The molecule has 0 saturated carbocycles. The molecule has 1 fully saturated rings. The normalized spacial score (nSPS) is 18.0. The van der Waals surface area contributed by atoms with Gasteiger partial charge in [0.1, 0.15) is 11.2 Å². The van der Waals surface area contributed by atoms with Crippen LogP contribution in [-0.2, 0) is 0 Å². The van der Waals surface area contributed by atoms with E-state index in [1.807, 2.05) is 0 Å². The van der Waals surface area contributed by atoms with Gasteiger partial charge in [-0.15, -0.1) is 9.60 Å². The third-order valence-electron chi connectivity index (χ3n) is 10.4. The third kappa shape index (κ3) is 3.20. The van der Waals surface area contributed by atoms with Gasteiger partial charge in [0, 0.05) is 57.1 Å². The second kappa shape index (κ2) is 9.00. The van der Waals surface area contributed by atoms with Crippen LogP contribution >= 0.6 is 0 Å². The van der Waals surface area contributed by atoms with Crippen molar-refractivity contribution in [1.82, 2.24) is 9.16 Å². The molecule has 2 aliphatic rings. The van der Waals surface area contributed by atoms with Crippen molar-refractivity contribution in [1.29, 1.82) is 0 Å². The molecule has 4 nitrogen and oxygen atoms in total. The lowest BCUT2D eigenvalue weighted by Gasteiger charge is -2.27. The number of aromatic nitrogens is 1. The summed E-state index contributed by atoms with van der Waals surface area (Å²) in [6.45, 7) is 0. The molecule has 2 aromatic heterocycles. The zero-order valence-corrected chi connectivity index (χ0v) is 25.4. The zero-order valence-electron chi connectivity index (χ0n) is 25.4. The summed E-state index contributed by atoms with van der Waals surface area (Å²) in [4.78, 5) is 0. The molecule has 2 aliphatic heterocycles. The largest absolute Gasteiger partial charge is 0.456 e. The van der Waals surface area contributed by atoms with E-state index in [0.717, 1.165) is 32.2 Å². The Morgan fingerprint density at radius 1 is 0.532 bits per heavy atom. The van der Waals surface area contributed by atoms with Crippen LogP contribution < -0.4 is 9.60 Å². The number of para-hydroxylation sites is 5. The van der Waals surface area contributed by atoms with Crippen molar-refractivity contribution in [3.05, 3.63) is 169 Å². The fraction of sp³-hybridized carbons (Fsp3) is 0.0233. The molecule has 4 heterocycles. The highest BCUT2D eigenvalue weighted by molar-refractivity contribution is 6.13. The SMILES string of the molecule is c1ccc([N+]23c4ccccc4N2C3c2ccc(-c3cccc4oc5cc(-n6c7ccccc7c7ccccc76)ccc5c34)cc2)cc1. The standard InChI is InChI=1S/C43H28N3O/c1-2-11-31(12-3-1)46-39-19-9-8-18-38(39)45(46)43(46)29-23-21-28(22-24-29)32-15-10-20-40-42(32)35-26-25-30(27-41(35)47-40)44-36-16-6-4-13-33(36)34-14-5-7-17-37(34)44/h1-27,43H/q+1. The number of rotatable bonds is 4. The average Bonchev–Trinajstić information content (AvgIpc) is 3.35. The number of furan rings is 1. The highest BCUT2D eigenvalue weighted by Crippen LogP contribution is 2.72. The Bertz CT molecular complexity index is 2650. The molecule has 0 amide bonds. The molecular weight excluding hydrogens is 574 g/mol. The first-order valence-corrected chi connectivity index (χ1v) is 16.2. The van der Waals surface area contributed by atoms with Gasteiger partial charge in [0.2, 0.25) is 0 Å². The smallest absolute Gasteiger partial charge is 0.266 e. The molecule has 2 atom stereocenters. The molecule has 0 radical (unpaired) electrons. The minimum Gasteiger partial charge on any atom is -0.456 e. The van der Waals surface area contributed by atoms with Crippen LogP contribution in [-0.4, -0.2) is 4.57 Å². The third-order valence-corrected chi connectivity index (χ3v) is 10.4. The van der Waals surface area contributed by atoms with Crippen molar-refractivity contribution in [2.24, 2.45) is 0 Å². The van der Waals surface area contributed by atoms with Gasteiger partial charge < -0.3 is 8.98 Å². The van der Waals surface area contributed by atoms with Gasteiger partial charge in [0.15, 0.2) is 17.1 Å². The number of nitrogens with zero attached hydrogens (tertiary/aromatic N) is 3. The van der Waals surface area contributed by atoms with Gasteiger partial charge in [-0.1, -0.05) is 103 Å². The van der Waals surface area contributed by atoms with E-state index in [2.05, 4.69) is 173 Å². The van der Waals surface area contributed by atoms with Gasteiger partial charge in [-0.2, -0.15) is 0 Å². The molecule has 9 aromatic rings. The van der Waals surface area contributed by atoms with Crippen molar-refractivity contribution < 1.29 is 4.42 Å². The maximum Gasteiger partial charge on any atom is 0.266 e. The fourth-order valence-electron chi connectivity index (χ4n) is 8.35. The highest BCUT2D eigenvalue weighted by atomic mass is 16.3. The van der Waals surface area contributed by atoms with Crippen molar-refractivity contribution >= 4 is 60.8 Å². The Morgan fingerprint density at radius 2 is 1.23 bits per heavy atom. The summed E-state index contributed by atoms with van der Waals surface area (Å²) in [6.07, 6.45) is 0.244. The van der Waals surface area contributed by atoms with Crippen molar-refractivity contribution in [2.75, 3.05) is 5.01 Å². The van der Waals surface area contributed by atoms with E-state index in [1.165, 1.54) is 55.6 Å². The van der Waals surface area contributed by atoms with Crippen LogP contribution in [0, 0.1) is 0 Å². The number of quaternary nitrogens is 1. The first-order valence-electron chi connectivity index (χ1n) is 16.2. The molecule has 7 aromatic carbocycles. The summed E-state index contributed by atoms with van der Waals surface area (Å²) in [7, 11) is 0. The second-order valence-corrected chi connectivity index (χ2v) is 12.7. The van der Waals surface area contributed by atoms with E-state index < -0.39 is 0 Å². The van der Waals surface area contributed by atoms with Gasteiger partial charge >= 0.3 is 0 Å². The molecule has 0 bridgehead atoms. The maximum atomic E-state index is 6.56. The van der Waals surface area contributed by atoms with Gasteiger partial charge in [-0.05, 0) is 47.5 Å². The molecule has 11 rings (SSSR count). The maximum absolute atomic E-state index is 6.56. The second-order valence-electron chi connectivity index (χ2n) is 12.7. The van der Waals surface area contributed by atoms with Gasteiger partial charge in [-0.25, -0.2) is 0 Å².